The molecule has 21 heavy (non-hydrogen) atoms. The monoisotopic (exact) mass is 348 g/mol. The van der Waals surface area contributed by atoms with Gasteiger partial charge >= 0.3 is 5.97 Å². The molecular weight excluding hydrogens is 332 g/mol. The van der Waals surface area contributed by atoms with Crippen LogP contribution in [-0.4, -0.2) is 22.3 Å². The van der Waals surface area contributed by atoms with Crippen molar-refractivity contribution in [2.45, 2.75) is 25.4 Å². The highest BCUT2D eigenvalue weighted by atomic mass is 79.9. The highest BCUT2D eigenvalue weighted by Gasteiger charge is 2.19. The van der Waals surface area contributed by atoms with Crippen LogP contribution in [0.4, 0.5) is 0 Å². The molecule has 4 heteroatoms. The van der Waals surface area contributed by atoms with Crippen LogP contribution >= 0.6 is 15.9 Å². The average Bonchev–Trinajstić information content (AvgIpc) is 2.47. The minimum atomic E-state index is -0.985. The summed E-state index contributed by atoms with van der Waals surface area (Å²) in [4.78, 5) is 10.6. The van der Waals surface area contributed by atoms with Crippen molar-refractivity contribution in [2.75, 3.05) is 0 Å². The molecule has 0 radical (unpaired) electrons. The first kappa shape index (κ1) is 15.7. The zero-order chi connectivity index (χ0) is 15.4. The van der Waals surface area contributed by atoms with Gasteiger partial charge in [-0.1, -0.05) is 59.3 Å². The summed E-state index contributed by atoms with van der Waals surface area (Å²) < 4.78 is 1.04. The van der Waals surface area contributed by atoms with Crippen molar-refractivity contribution < 1.29 is 15.0 Å². The summed E-state index contributed by atoms with van der Waals surface area (Å²) >= 11 is 3.41. The summed E-state index contributed by atoms with van der Waals surface area (Å²) in [6.07, 6.45) is -1.11. The Morgan fingerprint density at radius 1 is 1.05 bits per heavy atom. The fourth-order valence-corrected chi connectivity index (χ4v) is 2.46. The number of carboxylic acids is 1. The van der Waals surface area contributed by atoms with Crippen LogP contribution in [0.2, 0.25) is 0 Å². The molecule has 3 nitrogen and oxygen atoms in total. The Morgan fingerprint density at radius 2 is 1.52 bits per heavy atom. The van der Waals surface area contributed by atoms with Crippen LogP contribution in [0, 0.1) is 0 Å². The lowest BCUT2D eigenvalue weighted by Crippen LogP contribution is -2.19. The maximum absolute atomic E-state index is 10.6. The molecule has 0 saturated heterocycles. The Kier molecular flexibility index (Phi) is 5.15. The van der Waals surface area contributed by atoms with Gasteiger partial charge in [0.1, 0.15) is 0 Å². The fraction of sp³-hybridized carbons (Fsp3) is 0.235. The Bertz CT molecular complexity index is 605. The SMILES string of the molecule is CC(c1ccc(-c2ccc(Br)cc2)cc1)C(O)CC(=O)O. The second kappa shape index (κ2) is 6.87. The number of aliphatic hydroxyl groups is 1. The summed E-state index contributed by atoms with van der Waals surface area (Å²) in [5.74, 6) is -1.19. The van der Waals surface area contributed by atoms with E-state index in [0.29, 0.717) is 0 Å². The molecule has 0 aliphatic heterocycles. The number of aliphatic carboxylic acids is 1. The van der Waals surface area contributed by atoms with Gasteiger partial charge in [0.2, 0.25) is 0 Å². The van der Waals surface area contributed by atoms with Gasteiger partial charge in [0.25, 0.3) is 0 Å². The van der Waals surface area contributed by atoms with E-state index in [1.54, 1.807) is 0 Å². The highest BCUT2D eigenvalue weighted by Crippen LogP contribution is 2.26. The molecule has 2 unspecified atom stereocenters. The Balaban J connectivity index is 2.15. The first-order valence-corrected chi connectivity index (χ1v) is 7.52. The van der Waals surface area contributed by atoms with Crippen LogP contribution in [0.3, 0.4) is 0 Å². The third-order valence-electron chi connectivity index (χ3n) is 3.57. The van der Waals surface area contributed by atoms with Crippen molar-refractivity contribution >= 4 is 21.9 Å². The quantitative estimate of drug-likeness (QED) is 0.856. The standard InChI is InChI=1S/C17H17BrO3/c1-11(16(19)10-17(20)21)12-2-4-13(5-3-12)14-6-8-15(18)9-7-14/h2-9,11,16,19H,10H2,1H3,(H,20,21). The molecule has 0 amide bonds. The normalized spacial score (nSPS) is 13.7. The maximum Gasteiger partial charge on any atom is 0.305 e. The summed E-state index contributed by atoms with van der Waals surface area (Å²) in [6, 6.07) is 15.9. The van der Waals surface area contributed by atoms with Gasteiger partial charge in [-0.05, 0) is 28.8 Å². The number of carbonyl (C=O) groups is 1. The average molecular weight is 349 g/mol. The van der Waals surface area contributed by atoms with Gasteiger partial charge in [-0.25, -0.2) is 0 Å². The molecule has 0 aliphatic rings. The van der Waals surface area contributed by atoms with Crippen molar-refractivity contribution in [1.29, 1.82) is 0 Å². The topological polar surface area (TPSA) is 57.5 Å². The van der Waals surface area contributed by atoms with Gasteiger partial charge in [0.15, 0.2) is 0 Å². The molecule has 0 heterocycles. The lowest BCUT2D eigenvalue weighted by molar-refractivity contribution is -0.139. The summed E-state index contributed by atoms with van der Waals surface area (Å²) in [5.41, 5.74) is 3.14. The minimum absolute atomic E-state index is 0.208. The van der Waals surface area contributed by atoms with Crippen LogP contribution in [0.15, 0.2) is 53.0 Å². The van der Waals surface area contributed by atoms with Crippen molar-refractivity contribution in [3.05, 3.63) is 58.6 Å². The zero-order valence-electron chi connectivity index (χ0n) is 11.7. The van der Waals surface area contributed by atoms with E-state index in [9.17, 15) is 9.90 Å². The van der Waals surface area contributed by atoms with E-state index in [1.165, 1.54) is 0 Å². The maximum atomic E-state index is 10.6. The molecule has 2 aromatic rings. The molecule has 0 fully saturated rings. The molecule has 0 aromatic heterocycles. The predicted octanol–water partition coefficient (Wildman–Crippen LogP) is 4.06. The number of aliphatic hydroxyl groups excluding tert-OH is 1. The number of hydrogen-bond acceptors (Lipinski definition) is 2. The van der Waals surface area contributed by atoms with E-state index in [-0.39, 0.29) is 12.3 Å². The van der Waals surface area contributed by atoms with Crippen LogP contribution in [0.5, 0.6) is 0 Å². The van der Waals surface area contributed by atoms with Gasteiger partial charge < -0.3 is 10.2 Å². The molecule has 0 spiro atoms. The molecule has 0 aliphatic carbocycles. The molecule has 2 rings (SSSR count). The smallest absolute Gasteiger partial charge is 0.305 e. The summed E-state index contributed by atoms with van der Waals surface area (Å²) in [7, 11) is 0. The molecule has 2 aromatic carbocycles. The predicted molar refractivity (Wildman–Crippen MR) is 86.3 cm³/mol. The Labute approximate surface area is 132 Å². The third kappa shape index (κ3) is 4.16. The first-order valence-electron chi connectivity index (χ1n) is 6.73. The van der Waals surface area contributed by atoms with Gasteiger partial charge in [-0.3, -0.25) is 4.79 Å². The lowest BCUT2D eigenvalue weighted by Gasteiger charge is -2.18. The fourth-order valence-electron chi connectivity index (χ4n) is 2.20. The third-order valence-corrected chi connectivity index (χ3v) is 4.10. The van der Waals surface area contributed by atoms with E-state index in [4.69, 9.17) is 5.11 Å². The second-order valence-corrected chi connectivity index (χ2v) is 6.00. The van der Waals surface area contributed by atoms with Crippen LogP contribution in [0.1, 0.15) is 24.8 Å². The summed E-state index contributed by atoms with van der Waals surface area (Å²) in [6.45, 7) is 1.84. The molecule has 0 saturated carbocycles. The first-order chi connectivity index (χ1) is 9.97. The largest absolute Gasteiger partial charge is 0.481 e. The van der Waals surface area contributed by atoms with Crippen LogP contribution < -0.4 is 0 Å². The van der Waals surface area contributed by atoms with E-state index < -0.39 is 12.1 Å². The summed E-state index contributed by atoms with van der Waals surface area (Å²) in [5, 5.41) is 18.6. The Hall–Kier alpha value is -1.65. The van der Waals surface area contributed by atoms with E-state index in [1.807, 2.05) is 55.5 Å². The lowest BCUT2D eigenvalue weighted by atomic mass is 9.92. The zero-order valence-corrected chi connectivity index (χ0v) is 13.2. The number of carboxylic acid groups (broad SMARTS) is 1. The molecule has 2 N–H and O–H groups in total. The van der Waals surface area contributed by atoms with Crippen LogP contribution in [0.25, 0.3) is 11.1 Å². The van der Waals surface area contributed by atoms with E-state index in [0.717, 1.165) is 21.2 Å². The minimum Gasteiger partial charge on any atom is -0.481 e. The Morgan fingerprint density at radius 3 is 2.00 bits per heavy atom. The van der Waals surface area contributed by atoms with E-state index >= 15 is 0 Å². The van der Waals surface area contributed by atoms with Gasteiger partial charge in [0, 0.05) is 10.4 Å². The molecular formula is C17H17BrO3. The van der Waals surface area contributed by atoms with Crippen LogP contribution in [-0.2, 0) is 4.79 Å². The highest BCUT2D eigenvalue weighted by molar-refractivity contribution is 9.10. The number of rotatable bonds is 5. The number of halogens is 1. The van der Waals surface area contributed by atoms with Crippen molar-refractivity contribution in [2.24, 2.45) is 0 Å². The van der Waals surface area contributed by atoms with Gasteiger partial charge in [0.05, 0.1) is 12.5 Å². The van der Waals surface area contributed by atoms with E-state index in [2.05, 4.69) is 15.9 Å². The van der Waals surface area contributed by atoms with Crippen molar-refractivity contribution in [3.63, 3.8) is 0 Å². The second-order valence-electron chi connectivity index (χ2n) is 5.08. The van der Waals surface area contributed by atoms with Gasteiger partial charge in [-0.15, -0.1) is 0 Å². The van der Waals surface area contributed by atoms with Crippen molar-refractivity contribution in [3.8, 4) is 11.1 Å². The molecule has 0 bridgehead atoms. The number of hydrogen-bond donors (Lipinski definition) is 2. The number of benzene rings is 2. The molecule has 2 atom stereocenters. The molecule has 110 valence electrons. The van der Waals surface area contributed by atoms with Gasteiger partial charge in [-0.2, -0.15) is 0 Å². The van der Waals surface area contributed by atoms with Crippen molar-refractivity contribution in [1.82, 2.24) is 0 Å².